The Morgan fingerprint density at radius 2 is 2.02 bits per heavy atom. The van der Waals surface area contributed by atoms with Crippen LogP contribution in [0.5, 0.6) is 11.5 Å². The Morgan fingerprint density at radius 1 is 1.25 bits per heavy atom. The number of aldehydes is 1. The second-order valence-electron chi connectivity index (χ2n) is 9.62. The molecule has 0 aromatic heterocycles. The number of amides is 2. The van der Waals surface area contributed by atoms with Crippen LogP contribution >= 0.6 is 22.6 Å². The fourth-order valence-electron chi connectivity index (χ4n) is 4.93. The second kappa shape index (κ2) is 14.1. The number of nitrogens with zero attached hydrogens (tertiary/aromatic N) is 1. The monoisotopic (exact) mass is 664 g/mol. The van der Waals surface area contributed by atoms with Gasteiger partial charge in [0.25, 0.3) is 5.91 Å². The number of ether oxygens (including phenoxy) is 3. The summed E-state index contributed by atoms with van der Waals surface area (Å²) in [5, 5.41) is 23.6. The molecule has 1 fully saturated rings. The van der Waals surface area contributed by atoms with Gasteiger partial charge in [-0.2, -0.15) is 0 Å². The molecule has 2 aromatic carbocycles. The van der Waals surface area contributed by atoms with E-state index < -0.39 is 30.3 Å². The van der Waals surface area contributed by atoms with Crippen LogP contribution < -0.4 is 14.8 Å². The predicted octanol–water partition coefficient (Wildman–Crippen LogP) is 2.24. The van der Waals surface area contributed by atoms with Gasteiger partial charge in [0.1, 0.15) is 24.6 Å². The third kappa shape index (κ3) is 7.00. The minimum Gasteiger partial charge on any atom is -0.493 e. The van der Waals surface area contributed by atoms with Crippen molar-refractivity contribution in [2.45, 2.75) is 50.2 Å². The van der Waals surface area contributed by atoms with E-state index in [1.165, 1.54) is 19.3 Å². The molecule has 1 aliphatic carbocycles. The molecule has 214 valence electrons. The van der Waals surface area contributed by atoms with Crippen LogP contribution in [0.1, 0.15) is 35.2 Å². The number of aliphatic hydroxyl groups is 2. The van der Waals surface area contributed by atoms with Gasteiger partial charge in [-0.05, 0) is 59.2 Å². The minimum absolute atomic E-state index is 0.0520. The van der Waals surface area contributed by atoms with Gasteiger partial charge < -0.3 is 34.6 Å². The number of hydrogen-bond donors (Lipinski definition) is 3. The van der Waals surface area contributed by atoms with Crippen molar-refractivity contribution < 1.29 is 38.8 Å². The highest BCUT2D eigenvalue weighted by Crippen LogP contribution is 2.37. The first kappa shape index (κ1) is 30.0. The van der Waals surface area contributed by atoms with Gasteiger partial charge >= 0.3 is 0 Å². The molecule has 10 nitrogen and oxygen atoms in total. The summed E-state index contributed by atoms with van der Waals surface area (Å²) in [6.45, 7) is 0.504. The summed E-state index contributed by atoms with van der Waals surface area (Å²) in [6, 6.07) is 11.7. The fourth-order valence-corrected chi connectivity index (χ4v) is 5.69. The molecule has 4 unspecified atom stereocenters. The highest BCUT2D eigenvalue weighted by Gasteiger charge is 2.43. The Hall–Kier alpha value is -3.00. The molecular weight excluding hydrogens is 631 g/mol. The lowest BCUT2D eigenvalue weighted by Crippen LogP contribution is -2.56. The van der Waals surface area contributed by atoms with Gasteiger partial charge in [0.2, 0.25) is 5.91 Å². The van der Waals surface area contributed by atoms with Crippen LogP contribution in [0.2, 0.25) is 0 Å². The predicted molar refractivity (Wildman–Crippen MR) is 154 cm³/mol. The van der Waals surface area contributed by atoms with E-state index in [4.69, 9.17) is 14.2 Å². The van der Waals surface area contributed by atoms with Crippen molar-refractivity contribution in [1.82, 2.24) is 10.2 Å². The van der Waals surface area contributed by atoms with Gasteiger partial charge in [-0.3, -0.25) is 14.4 Å². The highest BCUT2D eigenvalue weighted by molar-refractivity contribution is 14.1. The number of methoxy groups -OCH3 is 1. The van der Waals surface area contributed by atoms with Crippen LogP contribution in [0.25, 0.3) is 0 Å². The Morgan fingerprint density at radius 3 is 2.67 bits per heavy atom. The van der Waals surface area contributed by atoms with Crippen molar-refractivity contribution in [3.63, 3.8) is 0 Å². The van der Waals surface area contributed by atoms with E-state index in [1.54, 1.807) is 11.0 Å². The zero-order chi connectivity index (χ0) is 28.6. The lowest BCUT2D eigenvalue weighted by molar-refractivity contribution is -0.149. The molecule has 2 amide bonds. The quantitative estimate of drug-likeness (QED) is 0.246. The number of carbonyl (C=O) groups is 3. The first-order valence-corrected chi connectivity index (χ1v) is 14.2. The molecule has 40 heavy (non-hydrogen) atoms. The number of halogens is 1. The number of rotatable bonds is 11. The fraction of sp³-hybridized carbons (Fsp3) is 0.414. The number of aliphatic hydroxyl groups excluding tert-OH is 2. The molecule has 0 bridgehead atoms. The Bertz CT molecular complexity index is 1230. The molecule has 2 aromatic rings. The number of nitrogens with one attached hydrogen (secondary N) is 1. The number of carbonyl (C=O) groups excluding carboxylic acids is 3. The molecule has 0 radical (unpaired) electrons. The number of hydrogen-bond acceptors (Lipinski definition) is 8. The van der Waals surface area contributed by atoms with Crippen LogP contribution in [0.15, 0.2) is 54.1 Å². The van der Waals surface area contributed by atoms with E-state index in [9.17, 15) is 24.6 Å². The van der Waals surface area contributed by atoms with Crippen LogP contribution in [-0.2, 0) is 20.9 Å². The molecular formula is C29H33IN2O8. The second-order valence-corrected chi connectivity index (χ2v) is 10.8. The van der Waals surface area contributed by atoms with E-state index in [0.29, 0.717) is 45.5 Å². The minimum atomic E-state index is -1.21. The van der Waals surface area contributed by atoms with Gasteiger partial charge in [-0.15, -0.1) is 0 Å². The van der Waals surface area contributed by atoms with Crippen molar-refractivity contribution in [2.75, 3.05) is 26.9 Å². The average molecular weight is 664 g/mol. The average Bonchev–Trinajstić information content (AvgIpc) is 3.52. The van der Waals surface area contributed by atoms with E-state index in [1.807, 2.05) is 52.9 Å². The topological polar surface area (TPSA) is 135 Å². The van der Waals surface area contributed by atoms with Gasteiger partial charge in [-0.25, -0.2) is 0 Å². The maximum atomic E-state index is 13.8. The largest absolute Gasteiger partial charge is 0.493 e. The Balaban J connectivity index is 1.72. The smallest absolute Gasteiger partial charge is 0.252 e. The molecule has 1 aliphatic heterocycles. The molecule has 2 aliphatic rings. The molecule has 4 atom stereocenters. The van der Waals surface area contributed by atoms with Crippen LogP contribution in [0.4, 0.5) is 0 Å². The summed E-state index contributed by atoms with van der Waals surface area (Å²) in [5.41, 5.74) is 1.57. The van der Waals surface area contributed by atoms with E-state index in [-0.39, 0.29) is 32.0 Å². The summed E-state index contributed by atoms with van der Waals surface area (Å²) in [5.74, 6) is -0.102. The molecule has 0 saturated carbocycles. The standard InChI is InChI=1S/C29H33IN2O8/c1-38-25-13-19(17-34)12-21(30)27(25)40-24-15-20(28(36)31-9-10-33)14-22(26(24)35)32(16-18-6-3-2-4-7-18)29(37)23-8-5-11-39-23/h2-4,6-7,12-13,15,17,22-24,26,33,35H,5,8-11,14,16H2,1H3,(H,31,36). The summed E-state index contributed by atoms with van der Waals surface area (Å²) < 4.78 is 18.0. The molecule has 0 spiro atoms. The van der Waals surface area contributed by atoms with Crippen molar-refractivity contribution in [3.05, 3.63) is 68.8 Å². The summed E-state index contributed by atoms with van der Waals surface area (Å²) in [6.07, 6.45) is 0.759. The van der Waals surface area contributed by atoms with Crippen molar-refractivity contribution in [3.8, 4) is 11.5 Å². The van der Waals surface area contributed by atoms with E-state index >= 15 is 0 Å². The molecule has 11 heteroatoms. The van der Waals surface area contributed by atoms with Crippen molar-refractivity contribution >= 4 is 40.7 Å². The van der Waals surface area contributed by atoms with Crippen molar-refractivity contribution in [2.24, 2.45) is 0 Å². The maximum Gasteiger partial charge on any atom is 0.252 e. The van der Waals surface area contributed by atoms with Crippen molar-refractivity contribution in [1.29, 1.82) is 0 Å². The Labute approximate surface area is 246 Å². The first-order chi connectivity index (χ1) is 19.4. The third-order valence-corrected chi connectivity index (χ3v) is 7.74. The molecule has 4 rings (SSSR count). The van der Waals surface area contributed by atoms with Gasteiger partial charge in [0.05, 0.1) is 23.3 Å². The third-order valence-electron chi connectivity index (χ3n) is 6.94. The van der Waals surface area contributed by atoms with Gasteiger partial charge in [0.15, 0.2) is 11.5 Å². The van der Waals surface area contributed by atoms with Gasteiger partial charge in [0, 0.05) is 37.3 Å². The first-order valence-electron chi connectivity index (χ1n) is 13.1. The summed E-state index contributed by atoms with van der Waals surface area (Å²) in [4.78, 5) is 39.8. The van der Waals surface area contributed by atoms with Gasteiger partial charge in [-0.1, -0.05) is 30.3 Å². The lowest BCUT2D eigenvalue weighted by Gasteiger charge is -2.41. The zero-order valence-corrected chi connectivity index (χ0v) is 24.3. The highest BCUT2D eigenvalue weighted by atomic mass is 127. The maximum absolute atomic E-state index is 13.8. The molecule has 3 N–H and O–H groups in total. The Kier molecular flexibility index (Phi) is 10.5. The van der Waals surface area contributed by atoms with Crippen LogP contribution in [0.3, 0.4) is 0 Å². The SMILES string of the molecule is COc1cc(C=O)cc(I)c1OC1C=C(C(=O)NCCO)CC(N(Cc2ccccc2)C(=O)C2CCCO2)C1O. The molecule has 1 heterocycles. The van der Waals surface area contributed by atoms with Crippen LogP contribution in [0, 0.1) is 3.57 Å². The lowest BCUT2D eigenvalue weighted by atomic mass is 9.87. The van der Waals surface area contributed by atoms with Crippen LogP contribution in [-0.4, -0.2) is 84.4 Å². The molecule has 1 saturated heterocycles. The zero-order valence-electron chi connectivity index (χ0n) is 22.1. The number of benzene rings is 2. The summed E-state index contributed by atoms with van der Waals surface area (Å²) >= 11 is 2.01. The van der Waals surface area contributed by atoms with E-state index in [2.05, 4.69) is 5.32 Å². The summed E-state index contributed by atoms with van der Waals surface area (Å²) in [7, 11) is 1.44. The normalized spacial score (nSPS) is 22.2. The van der Waals surface area contributed by atoms with E-state index in [0.717, 1.165) is 12.0 Å².